The van der Waals surface area contributed by atoms with Crippen LogP contribution in [-0.2, 0) is 19.2 Å². The quantitative estimate of drug-likeness (QED) is 0.412. The Balaban J connectivity index is 2.05. The second kappa shape index (κ2) is 10.5. The summed E-state index contributed by atoms with van der Waals surface area (Å²) in [6, 6.07) is -0.349. The molecular formula is C24H39N5O4. The van der Waals surface area contributed by atoms with Gasteiger partial charge in [-0.3, -0.25) is 19.2 Å². The van der Waals surface area contributed by atoms with Gasteiger partial charge in [-0.2, -0.15) is 5.26 Å². The fraction of sp³-hybridized carbons (Fsp3) is 0.792. The second-order valence-electron chi connectivity index (χ2n) is 11.3. The first-order chi connectivity index (χ1) is 15.2. The van der Waals surface area contributed by atoms with Crippen LogP contribution in [0.2, 0.25) is 0 Å². The summed E-state index contributed by atoms with van der Waals surface area (Å²) in [5, 5.41) is 20.8. The van der Waals surface area contributed by atoms with Gasteiger partial charge < -0.3 is 21.3 Å². The lowest BCUT2D eigenvalue weighted by molar-refractivity contribution is -0.134. The van der Waals surface area contributed by atoms with E-state index < -0.39 is 35.4 Å². The number of hydrogen-bond donors (Lipinski definition) is 4. The number of carbonyl (C=O) groups excluding carboxylic acids is 4. The van der Waals surface area contributed by atoms with Gasteiger partial charge in [-0.15, -0.1) is 0 Å². The van der Waals surface area contributed by atoms with Crippen molar-refractivity contribution in [1.82, 2.24) is 21.3 Å². The second-order valence-corrected chi connectivity index (χ2v) is 11.3. The van der Waals surface area contributed by atoms with Gasteiger partial charge in [-0.1, -0.05) is 33.6 Å². The minimum absolute atomic E-state index is 0.105. The zero-order chi connectivity index (χ0) is 25.0. The van der Waals surface area contributed by atoms with E-state index in [9.17, 15) is 24.4 Å². The van der Waals surface area contributed by atoms with E-state index in [-0.39, 0.29) is 29.7 Å². The fourth-order valence-corrected chi connectivity index (χ4v) is 4.14. The third-order valence-electron chi connectivity index (χ3n) is 6.32. The number of rotatable bonds is 9. The van der Waals surface area contributed by atoms with Gasteiger partial charge in [-0.25, -0.2) is 0 Å². The molecule has 33 heavy (non-hydrogen) atoms. The summed E-state index contributed by atoms with van der Waals surface area (Å²) in [6.07, 6.45) is 4.14. The molecule has 0 aromatic rings. The van der Waals surface area contributed by atoms with Crippen LogP contribution < -0.4 is 21.3 Å². The van der Waals surface area contributed by atoms with Gasteiger partial charge in [0.1, 0.15) is 18.1 Å². The van der Waals surface area contributed by atoms with Crippen LogP contribution in [0.5, 0.6) is 0 Å². The van der Waals surface area contributed by atoms with Gasteiger partial charge in [0.2, 0.25) is 23.6 Å². The average molecular weight is 462 g/mol. The maximum Gasteiger partial charge on any atom is 0.243 e. The lowest BCUT2D eigenvalue weighted by Crippen LogP contribution is -2.58. The van der Waals surface area contributed by atoms with Gasteiger partial charge >= 0.3 is 0 Å². The highest BCUT2D eigenvalue weighted by Crippen LogP contribution is 2.34. The molecule has 0 aromatic heterocycles. The van der Waals surface area contributed by atoms with Crippen molar-refractivity contribution in [3.8, 4) is 6.07 Å². The molecule has 9 heteroatoms. The van der Waals surface area contributed by atoms with Gasteiger partial charge in [-0.05, 0) is 50.9 Å². The maximum atomic E-state index is 13.1. The standard InChI is InChI=1S/C24H39N5O4/c1-14(30)26-19(23(2,3)4)22(33)28-18(11-15-7-8-15)21(32)27-17(13-25)12-16-9-10-24(5,6)29-20(16)31/h15-19H,7-12H2,1-6H3,(H,26,30)(H,27,32)(H,28,33)(H,29,31)/t16-,17-,18-,19+/m0/s1. The Bertz CT molecular complexity index is 807. The molecule has 0 unspecified atom stereocenters. The lowest BCUT2D eigenvalue weighted by atomic mass is 9.83. The average Bonchev–Trinajstić information content (AvgIpc) is 3.49. The predicted octanol–water partition coefficient (Wildman–Crippen LogP) is 1.53. The molecule has 4 atom stereocenters. The molecular weight excluding hydrogens is 422 g/mol. The van der Waals surface area contributed by atoms with E-state index in [0.717, 1.165) is 19.3 Å². The Labute approximate surface area is 196 Å². The van der Waals surface area contributed by atoms with Crippen molar-refractivity contribution in [2.75, 3.05) is 0 Å². The van der Waals surface area contributed by atoms with Crippen LogP contribution in [0.3, 0.4) is 0 Å². The third-order valence-corrected chi connectivity index (χ3v) is 6.32. The Morgan fingerprint density at radius 2 is 1.73 bits per heavy atom. The number of hydrogen-bond acceptors (Lipinski definition) is 5. The smallest absolute Gasteiger partial charge is 0.243 e. The zero-order valence-electron chi connectivity index (χ0n) is 20.7. The Kier molecular flexibility index (Phi) is 8.50. The van der Waals surface area contributed by atoms with E-state index in [1.165, 1.54) is 6.92 Å². The number of nitriles is 1. The summed E-state index contributed by atoms with van der Waals surface area (Å²) in [7, 11) is 0. The van der Waals surface area contributed by atoms with Crippen molar-refractivity contribution < 1.29 is 19.2 Å². The molecule has 4 N–H and O–H groups in total. The van der Waals surface area contributed by atoms with E-state index in [2.05, 4.69) is 27.3 Å². The van der Waals surface area contributed by atoms with Crippen molar-refractivity contribution in [1.29, 1.82) is 5.26 Å². The summed E-state index contributed by atoms with van der Waals surface area (Å²) in [4.78, 5) is 50.1. The summed E-state index contributed by atoms with van der Waals surface area (Å²) in [5.41, 5.74) is -0.816. The topological polar surface area (TPSA) is 140 Å². The Morgan fingerprint density at radius 1 is 1.09 bits per heavy atom. The highest BCUT2D eigenvalue weighted by Gasteiger charge is 2.38. The van der Waals surface area contributed by atoms with E-state index in [1.54, 1.807) is 0 Å². The van der Waals surface area contributed by atoms with E-state index >= 15 is 0 Å². The van der Waals surface area contributed by atoms with E-state index in [4.69, 9.17) is 0 Å². The van der Waals surface area contributed by atoms with Crippen molar-refractivity contribution in [2.24, 2.45) is 17.3 Å². The molecule has 2 rings (SSSR count). The number of piperidine rings is 1. The zero-order valence-corrected chi connectivity index (χ0v) is 20.7. The normalized spacial score (nSPS) is 22.7. The van der Waals surface area contributed by atoms with E-state index in [1.807, 2.05) is 34.6 Å². The molecule has 1 aliphatic heterocycles. The summed E-state index contributed by atoms with van der Waals surface area (Å²) >= 11 is 0. The molecule has 2 fully saturated rings. The van der Waals surface area contributed by atoms with Gasteiger partial charge in [0.25, 0.3) is 0 Å². The van der Waals surface area contributed by atoms with Crippen molar-refractivity contribution in [3.05, 3.63) is 0 Å². The Hall–Kier alpha value is -2.63. The van der Waals surface area contributed by atoms with Crippen LogP contribution in [-0.4, -0.2) is 47.3 Å². The summed E-state index contributed by atoms with van der Waals surface area (Å²) in [5.74, 6) is -1.29. The molecule has 9 nitrogen and oxygen atoms in total. The van der Waals surface area contributed by atoms with Gasteiger partial charge in [0, 0.05) is 18.4 Å². The minimum atomic E-state index is -0.832. The molecule has 0 spiro atoms. The van der Waals surface area contributed by atoms with Crippen molar-refractivity contribution in [3.63, 3.8) is 0 Å². The lowest BCUT2D eigenvalue weighted by Gasteiger charge is -2.35. The van der Waals surface area contributed by atoms with Crippen molar-refractivity contribution >= 4 is 23.6 Å². The maximum absolute atomic E-state index is 13.1. The fourth-order valence-electron chi connectivity index (χ4n) is 4.14. The summed E-state index contributed by atoms with van der Waals surface area (Å²) < 4.78 is 0. The molecule has 1 saturated carbocycles. The van der Waals surface area contributed by atoms with Crippen molar-refractivity contribution in [2.45, 2.75) is 104 Å². The number of nitrogens with one attached hydrogen (secondary N) is 4. The molecule has 4 amide bonds. The van der Waals surface area contributed by atoms with E-state index in [0.29, 0.717) is 18.8 Å². The predicted molar refractivity (Wildman–Crippen MR) is 123 cm³/mol. The van der Waals surface area contributed by atoms with Crippen LogP contribution in [0.15, 0.2) is 0 Å². The van der Waals surface area contributed by atoms with Gasteiger partial charge in [0.05, 0.1) is 6.07 Å². The van der Waals surface area contributed by atoms with Crippen LogP contribution in [0, 0.1) is 28.6 Å². The molecule has 0 bridgehead atoms. The first kappa shape index (κ1) is 26.6. The molecule has 1 aliphatic carbocycles. The highest BCUT2D eigenvalue weighted by atomic mass is 16.2. The number of carbonyl (C=O) groups is 4. The largest absolute Gasteiger partial charge is 0.351 e. The first-order valence-electron chi connectivity index (χ1n) is 11.8. The SMILES string of the molecule is CC(=O)N[C@H](C(=O)N[C@@H](CC1CC1)C(=O)N[C@H](C#N)C[C@@H]1CCC(C)(C)NC1=O)C(C)(C)C. The van der Waals surface area contributed by atoms with Gasteiger partial charge in [0.15, 0.2) is 0 Å². The van der Waals surface area contributed by atoms with Crippen LogP contribution >= 0.6 is 0 Å². The molecule has 1 saturated heterocycles. The van der Waals surface area contributed by atoms with Crippen LogP contribution in [0.1, 0.15) is 80.1 Å². The molecule has 2 aliphatic rings. The highest BCUT2D eigenvalue weighted by molar-refractivity contribution is 5.92. The molecule has 0 aromatic carbocycles. The third kappa shape index (κ3) is 8.34. The number of amides is 4. The number of nitrogens with zero attached hydrogens (tertiary/aromatic N) is 1. The molecule has 1 heterocycles. The molecule has 0 radical (unpaired) electrons. The molecule has 184 valence electrons. The Morgan fingerprint density at radius 3 is 2.21 bits per heavy atom. The summed E-state index contributed by atoms with van der Waals surface area (Å²) in [6.45, 7) is 10.8. The minimum Gasteiger partial charge on any atom is -0.351 e. The monoisotopic (exact) mass is 461 g/mol. The van der Waals surface area contributed by atoms with Crippen LogP contribution in [0.4, 0.5) is 0 Å². The first-order valence-corrected chi connectivity index (χ1v) is 11.8. The van der Waals surface area contributed by atoms with Crippen LogP contribution in [0.25, 0.3) is 0 Å².